The standard InChI is InChI=1S/C8H7N.C6H8N2O/c1-2-4-8-7(3-1)5-6-9-8;7-4-2-1-3-5(9)6(4)8/h1-6,9H;1-3,9H,7-8H2. The molecule has 4 nitrogen and oxygen atoms in total. The number of hydrogen-bond acceptors (Lipinski definition) is 3. The molecule has 92 valence electrons. The lowest BCUT2D eigenvalue weighted by Gasteiger charge is -1.99. The second-order valence-corrected chi connectivity index (χ2v) is 3.84. The SMILES string of the molecule is Nc1cccc(O)c1N.c1ccc2[nH]ccc2c1. The fourth-order valence-electron chi connectivity index (χ4n) is 1.57. The van der Waals surface area contributed by atoms with E-state index in [1.165, 1.54) is 17.0 Å². The number of nitrogens with two attached hydrogens (primary N) is 2. The highest BCUT2D eigenvalue weighted by atomic mass is 16.3. The first-order chi connectivity index (χ1) is 8.68. The van der Waals surface area contributed by atoms with Gasteiger partial charge in [-0.25, -0.2) is 0 Å². The number of H-pyrrole nitrogens is 1. The smallest absolute Gasteiger partial charge is 0.140 e. The van der Waals surface area contributed by atoms with Crippen molar-refractivity contribution in [2.75, 3.05) is 11.5 Å². The van der Waals surface area contributed by atoms with Crippen molar-refractivity contribution in [2.24, 2.45) is 0 Å². The molecule has 0 aliphatic heterocycles. The average Bonchev–Trinajstić information content (AvgIpc) is 2.85. The highest BCUT2D eigenvalue weighted by Crippen LogP contribution is 2.24. The third-order valence-corrected chi connectivity index (χ3v) is 2.58. The largest absolute Gasteiger partial charge is 0.506 e. The van der Waals surface area contributed by atoms with Crippen LogP contribution >= 0.6 is 0 Å². The summed E-state index contributed by atoms with van der Waals surface area (Å²) in [4.78, 5) is 3.12. The topological polar surface area (TPSA) is 88.1 Å². The predicted octanol–water partition coefficient (Wildman–Crippen LogP) is 2.72. The van der Waals surface area contributed by atoms with Gasteiger partial charge in [0, 0.05) is 11.7 Å². The summed E-state index contributed by atoms with van der Waals surface area (Å²) in [6, 6.07) is 15.0. The van der Waals surface area contributed by atoms with Crippen molar-refractivity contribution in [1.29, 1.82) is 0 Å². The molecule has 2 aromatic carbocycles. The normalized spacial score (nSPS) is 9.78. The second kappa shape index (κ2) is 5.14. The van der Waals surface area contributed by atoms with Gasteiger partial charge in [-0.05, 0) is 29.7 Å². The Hall–Kier alpha value is -2.62. The zero-order chi connectivity index (χ0) is 13.0. The zero-order valence-electron chi connectivity index (χ0n) is 9.80. The number of aromatic nitrogens is 1. The Kier molecular flexibility index (Phi) is 3.38. The van der Waals surface area contributed by atoms with E-state index in [9.17, 15) is 0 Å². The monoisotopic (exact) mass is 241 g/mol. The molecule has 0 amide bonds. The molecular weight excluding hydrogens is 226 g/mol. The molecule has 6 N–H and O–H groups in total. The molecule has 18 heavy (non-hydrogen) atoms. The van der Waals surface area contributed by atoms with Crippen LogP contribution in [0.2, 0.25) is 0 Å². The summed E-state index contributed by atoms with van der Waals surface area (Å²) in [6.07, 6.45) is 1.95. The first kappa shape index (κ1) is 11.9. The van der Waals surface area contributed by atoms with Crippen molar-refractivity contribution in [2.45, 2.75) is 0 Å². The van der Waals surface area contributed by atoms with Gasteiger partial charge in [0.25, 0.3) is 0 Å². The van der Waals surface area contributed by atoms with Crippen molar-refractivity contribution >= 4 is 22.3 Å². The van der Waals surface area contributed by atoms with Crippen LogP contribution in [-0.2, 0) is 0 Å². The third-order valence-electron chi connectivity index (χ3n) is 2.58. The van der Waals surface area contributed by atoms with Crippen molar-refractivity contribution in [3.05, 3.63) is 54.7 Å². The molecule has 0 saturated carbocycles. The van der Waals surface area contributed by atoms with Crippen LogP contribution in [0, 0.1) is 0 Å². The summed E-state index contributed by atoms with van der Waals surface area (Å²) in [6.45, 7) is 0. The average molecular weight is 241 g/mol. The number of anilines is 2. The van der Waals surface area contributed by atoms with Gasteiger partial charge in [-0.3, -0.25) is 0 Å². The number of rotatable bonds is 0. The summed E-state index contributed by atoms with van der Waals surface area (Å²) < 4.78 is 0. The number of fused-ring (bicyclic) bond motifs is 1. The molecule has 1 aromatic heterocycles. The van der Waals surface area contributed by atoms with E-state index in [-0.39, 0.29) is 11.4 Å². The number of aromatic amines is 1. The quantitative estimate of drug-likeness (QED) is 0.360. The lowest BCUT2D eigenvalue weighted by Crippen LogP contribution is -1.93. The van der Waals surface area contributed by atoms with Crippen LogP contribution in [0.5, 0.6) is 5.75 Å². The van der Waals surface area contributed by atoms with Gasteiger partial charge in [-0.15, -0.1) is 0 Å². The molecule has 0 aliphatic rings. The van der Waals surface area contributed by atoms with E-state index < -0.39 is 0 Å². The van der Waals surface area contributed by atoms with E-state index in [4.69, 9.17) is 16.6 Å². The van der Waals surface area contributed by atoms with Crippen LogP contribution in [0.4, 0.5) is 11.4 Å². The molecule has 3 aromatic rings. The summed E-state index contributed by atoms with van der Waals surface area (Å²) in [5, 5.41) is 10.2. The fraction of sp³-hybridized carbons (Fsp3) is 0. The van der Waals surface area contributed by atoms with Gasteiger partial charge in [0.15, 0.2) is 0 Å². The van der Waals surface area contributed by atoms with Gasteiger partial charge in [0.2, 0.25) is 0 Å². The minimum atomic E-state index is 0.0370. The van der Waals surface area contributed by atoms with E-state index in [0.29, 0.717) is 5.69 Å². The Morgan fingerprint density at radius 3 is 2.33 bits per heavy atom. The van der Waals surface area contributed by atoms with E-state index in [2.05, 4.69) is 23.2 Å². The highest BCUT2D eigenvalue weighted by Gasteiger charge is 1.96. The number of aromatic hydroxyl groups is 1. The maximum Gasteiger partial charge on any atom is 0.140 e. The Bertz CT molecular complexity index is 596. The van der Waals surface area contributed by atoms with Crippen LogP contribution in [0.3, 0.4) is 0 Å². The van der Waals surface area contributed by atoms with Crippen LogP contribution < -0.4 is 11.5 Å². The van der Waals surface area contributed by atoms with Gasteiger partial charge in [0.1, 0.15) is 5.75 Å². The minimum absolute atomic E-state index is 0.0370. The molecule has 0 spiro atoms. The van der Waals surface area contributed by atoms with Crippen molar-refractivity contribution < 1.29 is 5.11 Å². The lowest BCUT2D eigenvalue weighted by atomic mass is 10.2. The first-order valence-corrected chi connectivity index (χ1v) is 5.53. The fourth-order valence-corrected chi connectivity index (χ4v) is 1.57. The summed E-state index contributed by atoms with van der Waals surface area (Å²) >= 11 is 0. The van der Waals surface area contributed by atoms with Gasteiger partial charge >= 0.3 is 0 Å². The molecule has 0 aliphatic carbocycles. The predicted molar refractivity (Wildman–Crippen MR) is 75.2 cm³/mol. The van der Waals surface area contributed by atoms with Crippen molar-refractivity contribution in [3.63, 3.8) is 0 Å². The molecule has 4 heteroatoms. The lowest BCUT2D eigenvalue weighted by molar-refractivity contribution is 0.478. The first-order valence-electron chi connectivity index (χ1n) is 5.53. The second-order valence-electron chi connectivity index (χ2n) is 3.84. The molecule has 0 unspecified atom stereocenters. The maximum absolute atomic E-state index is 8.90. The third kappa shape index (κ3) is 2.55. The van der Waals surface area contributed by atoms with Crippen LogP contribution in [0.1, 0.15) is 0 Å². The number of nitrogen functional groups attached to an aromatic ring is 2. The number of benzene rings is 2. The van der Waals surface area contributed by atoms with E-state index in [1.54, 1.807) is 12.1 Å². The van der Waals surface area contributed by atoms with Crippen molar-refractivity contribution in [3.8, 4) is 5.75 Å². The number of phenolic OH excluding ortho intramolecular Hbond substituents is 1. The van der Waals surface area contributed by atoms with E-state index in [1.807, 2.05) is 18.3 Å². The molecule has 3 rings (SSSR count). The van der Waals surface area contributed by atoms with Gasteiger partial charge in [-0.2, -0.15) is 0 Å². The molecule has 0 saturated heterocycles. The Balaban J connectivity index is 0.000000134. The number of para-hydroxylation sites is 2. The molecule has 0 radical (unpaired) electrons. The van der Waals surface area contributed by atoms with Crippen LogP contribution in [0.25, 0.3) is 10.9 Å². The summed E-state index contributed by atoms with van der Waals surface area (Å²) in [5.41, 5.74) is 12.5. The molecule has 0 fully saturated rings. The van der Waals surface area contributed by atoms with Gasteiger partial charge in [0.05, 0.1) is 11.4 Å². The van der Waals surface area contributed by atoms with Crippen molar-refractivity contribution in [1.82, 2.24) is 4.98 Å². The van der Waals surface area contributed by atoms with E-state index >= 15 is 0 Å². The summed E-state index contributed by atoms with van der Waals surface area (Å²) in [7, 11) is 0. The maximum atomic E-state index is 8.90. The Labute approximate surface area is 105 Å². The number of nitrogens with one attached hydrogen (secondary N) is 1. The molecule has 0 atom stereocenters. The number of phenols is 1. The van der Waals surface area contributed by atoms with Crippen LogP contribution in [-0.4, -0.2) is 10.1 Å². The number of hydrogen-bond donors (Lipinski definition) is 4. The zero-order valence-corrected chi connectivity index (χ0v) is 9.80. The Morgan fingerprint density at radius 1 is 0.889 bits per heavy atom. The van der Waals surface area contributed by atoms with Gasteiger partial charge < -0.3 is 21.6 Å². The molecular formula is C14H15N3O. The molecule has 0 bridgehead atoms. The van der Waals surface area contributed by atoms with Crippen LogP contribution in [0.15, 0.2) is 54.7 Å². The molecule has 1 heterocycles. The Morgan fingerprint density at radius 2 is 1.67 bits per heavy atom. The van der Waals surface area contributed by atoms with E-state index in [0.717, 1.165) is 0 Å². The van der Waals surface area contributed by atoms with Gasteiger partial charge in [-0.1, -0.05) is 24.3 Å². The highest BCUT2D eigenvalue weighted by molar-refractivity contribution is 5.78. The summed E-state index contributed by atoms with van der Waals surface area (Å²) in [5.74, 6) is 0.0370. The minimum Gasteiger partial charge on any atom is -0.506 e.